The molecule has 0 amide bonds. The van der Waals surface area contributed by atoms with Crippen molar-refractivity contribution in [3.8, 4) is 11.3 Å². The second-order valence-electron chi connectivity index (χ2n) is 4.71. The molecule has 2 aromatic carbocycles. The van der Waals surface area contributed by atoms with Gasteiger partial charge in [-0.1, -0.05) is 42.5 Å². The number of nitrogens with zero attached hydrogens (tertiary/aromatic N) is 2. The highest BCUT2D eigenvalue weighted by Crippen LogP contribution is 2.24. The zero-order valence-electron chi connectivity index (χ0n) is 11.2. The van der Waals surface area contributed by atoms with Crippen LogP contribution >= 0.6 is 0 Å². The van der Waals surface area contributed by atoms with Gasteiger partial charge in [0.15, 0.2) is 6.29 Å². The minimum Gasteiger partial charge on any atom is -0.298 e. The molecule has 0 atom stereocenters. The van der Waals surface area contributed by atoms with Crippen LogP contribution in [0.15, 0.2) is 60.8 Å². The standard InChI is InChI=1S/C17H13FN2O/c18-16-9-5-4-8-15(16)17-14(12-21)11-20(19-17)10-13-6-2-1-3-7-13/h1-9,11-12H,10H2. The Kier molecular flexibility index (Phi) is 3.60. The van der Waals surface area contributed by atoms with E-state index in [-0.39, 0.29) is 5.82 Å². The summed E-state index contributed by atoms with van der Waals surface area (Å²) in [5.74, 6) is -0.384. The van der Waals surface area contributed by atoms with E-state index < -0.39 is 0 Å². The molecule has 21 heavy (non-hydrogen) atoms. The largest absolute Gasteiger partial charge is 0.298 e. The molecule has 3 rings (SSSR count). The van der Waals surface area contributed by atoms with Crippen molar-refractivity contribution in [2.75, 3.05) is 0 Å². The van der Waals surface area contributed by atoms with Crippen LogP contribution in [0.1, 0.15) is 15.9 Å². The van der Waals surface area contributed by atoms with Gasteiger partial charge in [-0.15, -0.1) is 0 Å². The molecule has 0 saturated heterocycles. The first kappa shape index (κ1) is 13.2. The van der Waals surface area contributed by atoms with Crippen LogP contribution in [0.2, 0.25) is 0 Å². The van der Waals surface area contributed by atoms with Gasteiger partial charge in [0.25, 0.3) is 0 Å². The number of halogens is 1. The van der Waals surface area contributed by atoms with Crippen LogP contribution in [-0.4, -0.2) is 16.1 Å². The van der Waals surface area contributed by atoms with Gasteiger partial charge in [-0.25, -0.2) is 4.39 Å². The Morgan fingerprint density at radius 1 is 1.05 bits per heavy atom. The van der Waals surface area contributed by atoms with E-state index in [4.69, 9.17) is 0 Å². The third-order valence-corrected chi connectivity index (χ3v) is 3.23. The van der Waals surface area contributed by atoms with E-state index in [1.54, 1.807) is 29.1 Å². The summed E-state index contributed by atoms with van der Waals surface area (Å²) >= 11 is 0. The van der Waals surface area contributed by atoms with Gasteiger partial charge in [0.05, 0.1) is 12.1 Å². The number of carbonyl (C=O) groups excluding carboxylic acids is 1. The van der Waals surface area contributed by atoms with Crippen molar-refractivity contribution in [2.24, 2.45) is 0 Å². The van der Waals surface area contributed by atoms with Crippen LogP contribution in [0.4, 0.5) is 4.39 Å². The van der Waals surface area contributed by atoms with Crippen molar-refractivity contribution in [3.63, 3.8) is 0 Å². The number of hydrogen-bond donors (Lipinski definition) is 0. The van der Waals surface area contributed by atoms with E-state index in [0.29, 0.717) is 29.7 Å². The maximum Gasteiger partial charge on any atom is 0.153 e. The summed E-state index contributed by atoms with van der Waals surface area (Å²) in [5, 5.41) is 4.35. The molecule has 104 valence electrons. The van der Waals surface area contributed by atoms with E-state index in [1.807, 2.05) is 30.3 Å². The lowest BCUT2D eigenvalue weighted by Crippen LogP contribution is -2.00. The highest BCUT2D eigenvalue weighted by Gasteiger charge is 2.14. The fourth-order valence-electron chi connectivity index (χ4n) is 2.24. The van der Waals surface area contributed by atoms with Crippen LogP contribution in [0, 0.1) is 5.82 Å². The van der Waals surface area contributed by atoms with Gasteiger partial charge < -0.3 is 0 Å². The molecule has 4 heteroatoms. The Morgan fingerprint density at radius 2 is 1.76 bits per heavy atom. The maximum absolute atomic E-state index is 13.9. The average molecular weight is 280 g/mol. The second-order valence-corrected chi connectivity index (χ2v) is 4.71. The van der Waals surface area contributed by atoms with E-state index in [9.17, 15) is 9.18 Å². The summed E-state index contributed by atoms with van der Waals surface area (Å²) in [5.41, 5.74) is 2.17. The molecule has 0 unspecified atom stereocenters. The van der Waals surface area contributed by atoms with Gasteiger partial charge in [0.2, 0.25) is 0 Å². The summed E-state index contributed by atoms with van der Waals surface area (Å²) in [4.78, 5) is 11.2. The molecule has 0 bridgehead atoms. The Labute approximate surface area is 121 Å². The molecule has 3 aromatic rings. The van der Waals surface area contributed by atoms with E-state index in [2.05, 4.69) is 5.10 Å². The van der Waals surface area contributed by atoms with Crippen molar-refractivity contribution in [2.45, 2.75) is 6.54 Å². The van der Waals surface area contributed by atoms with E-state index in [0.717, 1.165) is 5.56 Å². The Balaban J connectivity index is 1.99. The van der Waals surface area contributed by atoms with Crippen molar-refractivity contribution >= 4 is 6.29 Å². The van der Waals surface area contributed by atoms with Crippen LogP contribution in [-0.2, 0) is 6.54 Å². The van der Waals surface area contributed by atoms with Crippen molar-refractivity contribution in [3.05, 3.63) is 77.7 Å². The molecule has 0 aliphatic carbocycles. The number of hydrogen-bond acceptors (Lipinski definition) is 2. The summed E-state index contributed by atoms with van der Waals surface area (Å²) < 4.78 is 15.5. The van der Waals surface area contributed by atoms with Gasteiger partial charge in [-0.2, -0.15) is 5.10 Å². The van der Waals surface area contributed by atoms with Crippen LogP contribution in [0.25, 0.3) is 11.3 Å². The number of aromatic nitrogens is 2. The number of carbonyl (C=O) groups is 1. The van der Waals surface area contributed by atoms with Crippen LogP contribution in [0.3, 0.4) is 0 Å². The van der Waals surface area contributed by atoms with Crippen LogP contribution in [0.5, 0.6) is 0 Å². The van der Waals surface area contributed by atoms with Gasteiger partial charge in [0.1, 0.15) is 11.5 Å². The molecule has 0 fully saturated rings. The quantitative estimate of drug-likeness (QED) is 0.685. The summed E-state index contributed by atoms with van der Waals surface area (Å²) in [7, 11) is 0. The lowest BCUT2D eigenvalue weighted by Gasteiger charge is -2.02. The smallest absolute Gasteiger partial charge is 0.153 e. The first-order valence-corrected chi connectivity index (χ1v) is 6.59. The molecular weight excluding hydrogens is 267 g/mol. The Bertz CT molecular complexity index is 765. The number of rotatable bonds is 4. The van der Waals surface area contributed by atoms with Crippen LogP contribution < -0.4 is 0 Å². The number of benzene rings is 2. The lowest BCUT2D eigenvalue weighted by molar-refractivity contribution is 0.112. The van der Waals surface area contributed by atoms with Gasteiger partial charge in [-0.3, -0.25) is 9.48 Å². The fourth-order valence-corrected chi connectivity index (χ4v) is 2.24. The molecule has 0 aliphatic rings. The fraction of sp³-hybridized carbons (Fsp3) is 0.0588. The van der Waals surface area contributed by atoms with Crippen molar-refractivity contribution in [1.82, 2.24) is 9.78 Å². The van der Waals surface area contributed by atoms with Crippen molar-refractivity contribution < 1.29 is 9.18 Å². The molecule has 1 aromatic heterocycles. The zero-order valence-corrected chi connectivity index (χ0v) is 11.2. The molecule has 0 saturated carbocycles. The second kappa shape index (κ2) is 5.71. The zero-order chi connectivity index (χ0) is 14.7. The molecular formula is C17H13FN2O. The Morgan fingerprint density at radius 3 is 2.48 bits per heavy atom. The molecule has 1 heterocycles. The highest BCUT2D eigenvalue weighted by atomic mass is 19.1. The SMILES string of the molecule is O=Cc1cn(Cc2ccccc2)nc1-c1ccccc1F. The Hall–Kier alpha value is -2.75. The molecule has 3 nitrogen and oxygen atoms in total. The van der Waals surface area contributed by atoms with Gasteiger partial charge in [0, 0.05) is 11.8 Å². The van der Waals surface area contributed by atoms with Crippen molar-refractivity contribution in [1.29, 1.82) is 0 Å². The minimum atomic E-state index is -0.384. The summed E-state index contributed by atoms with van der Waals surface area (Å²) in [6.45, 7) is 0.538. The first-order chi connectivity index (χ1) is 10.3. The maximum atomic E-state index is 13.9. The van der Waals surface area contributed by atoms with E-state index in [1.165, 1.54) is 6.07 Å². The average Bonchev–Trinajstić information content (AvgIpc) is 2.91. The molecule has 0 spiro atoms. The third kappa shape index (κ3) is 2.74. The first-order valence-electron chi connectivity index (χ1n) is 6.59. The number of aldehydes is 1. The topological polar surface area (TPSA) is 34.9 Å². The van der Waals surface area contributed by atoms with E-state index >= 15 is 0 Å². The normalized spacial score (nSPS) is 10.5. The highest BCUT2D eigenvalue weighted by molar-refractivity contribution is 5.85. The lowest BCUT2D eigenvalue weighted by atomic mass is 10.1. The minimum absolute atomic E-state index is 0.339. The molecule has 0 N–H and O–H groups in total. The van der Waals surface area contributed by atoms with Gasteiger partial charge in [-0.05, 0) is 17.7 Å². The molecule has 0 radical (unpaired) electrons. The summed E-state index contributed by atoms with van der Waals surface area (Å²) in [6.07, 6.45) is 2.35. The monoisotopic (exact) mass is 280 g/mol. The van der Waals surface area contributed by atoms with Gasteiger partial charge >= 0.3 is 0 Å². The molecule has 0 aliphatic heterocycles. The summed E-state index contributed by atoms with van der Waals surface area (Å²) in [6, 6.07) is 16.1. The predicted molar refractivity (Wildman–Crippen MR) is 78.6 cm³/mol. The predicted octanol–water partition coefficient (Wildman–Crippen LogP) is 3.55. The third-order valence-electron chi connectivity index (χ3n) is 3.23.